The van der Waals surface area contributed by atoms with Gasteiger partial charge in [0.1, 0.15) is 17.5 Å². The highest BCUT2D eigenvalue weighted by Gasteiger charge is 2.10. The first-order valence-corrected chi connectivity index (χ1v) is 13.1. The van der Waals surface area contributed by atoms with Gasteiger partial charge in [0.15, 0.2) is 0 Å². The van der Waals surface area contributed by atoms with E-state index in [2.05, 4.69) is 20.9 Å². The van der Waals surface area contributed by atoms with Crippen LogP contribution < -0.4 is 21.7 Å². The molecule has 0 radical (unpaired) electrons. The van der Waals surface area contributed by atoms with E-state index in [1.165, 1.54) is 12.1 Å². The molecule has 0 aliphatic carbocycles. The van der Waals surface area contributed by atoms with Gasteiger partial charge in [-0.15, -0.1) is 0 Å². The zero-order valence-corrected chi connectivity index (χ0v) is 23.5. The number of benzene rings is 3. The Kier molecular flexibility index (Phi) is 11.6. The van der Waals surface area contributed by atoms with Crippen molar-refractivity contribution in [2.45, 2.75) is 19.9 Å². The predicted molar refractivity (Wildman–Crippen MR) is 161 cm³/mol. The van der Waals surface area contributed by atoms with E-state index in [0.717, 1.165) is 5.56 Å². The van der Waals surface area contributed by atoms with E-state index in [1.54, 1.807) is 67.6 Å². The number of nitrogens with zero attached hydrogens (tertiary/aromatic N) is 1. The third-order valence-corrected chi connectivity index (χ3v) is 6.04. The van der Waals surface area contributed by atoms with Crippen molar-refractivity contribution in [3.8, 4) is 0 Å². The van der Waals surface area contributed by atoms with Crippen molar-refractivity contribution in [3.05, 3.63) is 106 Å². The summed E-state index contributed by atoms with van der Waals surface area (Å²) in [5.74, 6) is -0.437. The lowest BCUT2D eigenvalue weighted by atomic mass is 10.1. The molecule has 214 valence electrons. The topological polar surface area (TPSA) is 139 Å². The van der Waals surface area contributed by atoms with Gasteiger partial charge in [0.25, 0.3) is 0 Å². The number of amides is 1. The van der Waals surface area contributed by atoms with Crippen molar-refractivity contribution < 1.29 is 23.8 Å². The smallest absolute Gasteiger partial charge is 0.411 e. The lowest BCUT2D eigenvalue weighted by molar-refractivity contribution is -0.136. The molecule has 1 aromatic heterocycles. The maximum atomic E-state index is 12.8. The fourth-order valence-corrected chi connectivity index (χ4v) is 3.95. The first-order valence-electron chi connectivity index (χ1n) is 12.4. The third-order valence-electron chi connectivity index (χ3n) is 5.41. The highest BCUT2D eigenvalue weighted by Crippen LogP contribution is 2.33. The van der Waals surface area contributed by atoms with Crippen LogP contribution in [-0.4, -0.2) is 28.8 Å². The van der Waals surface area contributed by atoms with Gasteiger partial charge < -0.3 is 26.2 Å². The number of carboxylic acid groups (broad SMARTS) is 1. The molecule has 0 atom stereocenters. The van der Waals surface area contributed by atoms with E-state index in [9.17, 15) is 14.0 Å². The molecule has 3 aromatic carbocycles. The van der Waals surface area contributed by atoms with E-state index < -0.39 is 12.1 Å². The Balaban J connectivity index is 0.000000228. The maximum Gasteiger partial charge on any atom is 0.411 e. The lowest BCUT2D eigenvalue weighted by Crippen LogP contribution is -2.15. The van der Waals surface area contributed by atoms with Gasteiger partial charge in [0.2, 0.25) is 0 Å². The highest BCUT2D eigenvalue weighted by atomic mass is 35.5. The Hall–Kier alpha value is -4.54. The van der Waals surface area contributed by atoms with Crippen molar-refractivity contribution in [3.63, 3.8) is 0 Å². The maximum absolute atomic E-state index is 12.8. The summed E-state index contributed by atoms with van der Waals surface area (Å²) in [5.41, 5.74) is 9.00. The van der Waals surface area contributed by atoms with E-state index in [0.29, 0.717) is 45.0 Å². The number of para-hydroxylation sites is 2. The molecule has 41 heavy (non-hydrogen) atoms. The molecule has 12 heteroatoms. The summed E-state index contributed by atoms with van der Waals surface area (Å²) >= 11 is 12.1. The van der Waals surface area contributed by atoms with Crippen LogP contribution in [0.25, 0.3) is 0 Å². The molecule has 6 N–H and O–H groups in total. The number of carbonyl (C=O) groups excluding carboxylic acids is 1. The molecule has 1 amide bonds. The summed E-state index contributed by atoms with van der Waals surface area (Å²) < 4.78 is 17.6. The van der Waals surface area contributed by atoms with E-state index in [-0.39, 0.29) is 24.7 Å². The lowest BCUT2D eigenvalue weighted by Gasteiger charge is -2.13. The SMILES string of the molecule is CCOC(=O)Nc1ccc(NCc2ccc(F)cc2)nc1N.O=C(O)Cc1ccccc1Nc1c(Cl)cccc1Cl. The molecule has 0 bridgehead atoms. The van der Waals surface area contributed by atoms with Gasteiger partial charge in [-0.3, -0.25) is 10.1 Å². The fourth-order valence-electron chi connectivity index (χ4n) is 3.46. The number of anilines is 5. The summed E-state index contributed by atoms with van der Waals surface area (Å²) in [5, 5.41) is 18.5. The van der Waals surface area contributed by atoms with Crippen LogP contribution >= 0.6 is 23.2 Å². The first kappa shape index (κ1) is 31.0. The number of nitrogen functional groups attached to an aromatic ring is 1. The zero-order valence-electron chi connectivity index (χ0n) is 22.0. The van der Waals surface area contributed by atoms with Gasteiger partial charge in [0, 0.05) is 12.2 Å². The number of aromatic nitrogens is 1. The average Bonchev–Trinajstić information content (AvgIpc) is 2.93. The van der Waals surface area contributed by atoms with Gasteiger partial charge in [-0.1, -0.05) is 59.6 Å². The van der Waals surface area contributed by atoms with E-state index in [1.807, 2.05) is 6.07 Å². The summed E-state index contributed by atoms with van der Waals surface area (Å²) in [4.78, 5) is 26.3. The van der Waals surface area contributed by atoms with Crippen LogP contribution in [0.1, 0.15) is 18.1 Å². The molecule has 9 nitrogen and oxygen atoms in total. The molecule has 0 aliphatic rings. The minimum atomic E-state index is -0.889. The Bertz CT molecular complexity index is 1470. The number of ether oxygens (including phenoxy) is 1. The minimum Gasteiger partial charge on any atom is -0.481 e. The largest absolute Gasteiger partial charge is 0.481 e. The summed E-state index contributed by atoms with van der Waals surface area (Å²) in [6, 6.07) is 21.8. The fraction of sp³-hybridized carbons (Fsp3) is 0.138. The van der Waals surface area contributed by atoms with E-state index in [4.69, 9.17) is 38.8 Å². The van der Waals surface area contributed by atoms with Gasteiger partial charge in [-0.2, -0.15) is 0 Å². The molecule has 1 heterocycles. The van der Waals surface area contributed by atoms with Crippen LogP contribution in [0, 0.1) is 5.82 Å². The molecule has 0 saturated carbocycles. The number of hydrogen-bond acceptors (Lipinski definition) is 7. The third kappa shape index (κ3) is 9.86. The van der Waals surface area contributed by atoms with Gasteiger partial charge in [0.05, 0.1) is 34.4 Å². The number of carbonyl (C=O) groups is 2. The predicted octanol–water partition coefficient (Wildman–Crippen LogP) is 7.35. The van der Waals surface area contributed by atoms with Gasteiger partial charge in [-0.25, -0.2) is 14.2 Å². The summed E-state index contributed by atoms with van der Waals surface area (Å²) in [6.07, 6.45) is -0.645. The van der Waals surface area contributed by atoms with Crippen LogP contribution in [0.2, 0.25) is 10.0 Å². The molecule has 0 spiro atoms. The minimum absolute atomic E-state index is 0.0642. The van der Waals surface area contributed by atoms with Crippen molar-refractivity contribution in [1.82, 2.24) is 4.98 Å². The number of halogens is 3. The number of pyridine rings is 1. The standard InChI is InChI=1S/C15H17FN4O2.C14H11Cl2NO2/c1-2-22-15(21)19-12-7-8-13(20-14(12)17)18-9-10-3-5-11(16)6-4-10;15-10-5-3-6-11(16)14(10)17-12-7-2-1-4-9(12)8-13(18)19/h3-8H,2,9H2,1H3,(H,19,21)(H3,17,18,20);1-7,17H,8H2,(H,18,19). The second-order valence-electron chi connectivity index (χ2n) is 8.40. The number of nitrogens with two attached hydrogens (primary N) is 1. The van der Waals surface area contributed by atoms with Crippen LogP contribution in [0.5, 0.6) is 0 Å². The van der Waals surface area contributed by atoms with Crippen molar-refractivity contribution in [1.29, 1.82) is 0 Å². The Morgan fingerprint density at radius 3 is 2.27 bits per heavy atom. The summed E-state index contributed by atoms with van der Waals surface area (Å²) in [6.45, 7) is 2.47. The molecule has 4 rings (SSSR count). The zero-order chi connectivity index (χ0) is 29.8. The first-order chi connectivity index (χ1) is 19.7. The monoisotopic (exact) mass is 599 g/mol. The molecule has 0 aliphatic heterocycles. The second-order valence-corrected chi connectivity index (χ2v) is 9.22. The Labute approximate surface area is 246 Å². The number of carboxylic acids is 1. The van der Waals surface area contributed by atoms with Crippen molar-refractivity contribution in [2.24, 2.45) is 0 Å². The number of nitrogens with one attached hydrogen (secondary N) is 3. The number of aliphatic carboxylic acids is 1. The molecule has 0 fully saturated rings. The van der Waals surface area contributed by atoms with Crippen molar-refractivity contribution >= 4 is 64.0 Å². The Morgan fingerprint density at radius 2 is 1.63 bits per heavy atom. The van der Waals surface area contributed by atoms with Crippen LogP contribution in [0.4, 0.5) is 37.9 Å². The van der Waals surface area contributed by atoms with E-state index >= 15 is 0 Å². The molecular formula is C29H28Cl2FN5O4. The molecule has 0 saturated heterocycles. The normalized spacial score (nSPS) is 10.1. The molecule has 4 aromatic rings. The van der Waals surface area contributed by atoms with Crippen LogP contribution in [0.15, 0.2) is 78.9 Å². The second kappa shape index (κ2) is 15.3. The number of rotatable bonds is 9. The average molecular weight is 600 g/mol. The molecule has 0 unspecified atom stereocenters. The van der Waals surface area contributed by atoms with Crippen LogP contribution in [-0.2, 0) is 22.5 Å². The van der Waals surface area contributed by atoms with Gasteiger partial charge in [-0.05, 0) is 60.5 Å². The van der Waals surface area contributed by atoms with Crippen molar-refractivity contribution in [2.75, 3.05) is 28.3 Å². The quantitative estimate of drug-likeness (QED) is 0.134. The van der Waals surface area contributed by atoms with Gasteiger partial charge >= 0.3 is 12.1 Å². The summed E-state index contributed by atoms with van der Waals surface area (Å²) in [7, 11) is 0. The van der Waals surface area contributed by atoms with Crippen LogP contribution in [0.3, 0.4) is 0 Å². The highest BCUT2D eigenvalue weighted by molar-refractivity contribution is 6.39. The number of hydrogen-bond donors (Lipinski definition) is 5. The molecular weight excluding hydrogens is 572 g/mol. The Morgan fingerprint density at radius 1 is 0.951 bits per heavy atom.